The van der Waals surface area contributed by atoms with Crippen LogP contribution in [0.2, 0.25) is 0 Å². The van der Waals surface area contributed by atoms with Crippen molar-refractivity contribution in [1.82, 2.24) is 0 Å². The first-order valence-electron chi connectivity index (χ1n) is 4.91. The van der Waals surface area contributed by atoms with Gasteiger partial charge in [-0.1, -0.05) is 0 Å². The van der Waals surface area contributed by atoms with E-state index in [1.54, 1.807) is 12.1 Å². The Morgan fingerprint density at radius 3 is 2.94 bits per heavy atom. The molecule has 5 nitrogen and oxygen atoms in total. The molecule has 3 aromatic rings. The van der Waals surface area contributed by atoms with E-state index in [9.17, 15) is 9.90 Å². The molecule has 0 saturated heterocycles. The summed E-state index contributed by atoms with van der Waals surface area (Å²) in [6.07, 6.45) is 1.48. The molecule has 0 saturated carbocycles. The van der Waals surface area contributed by atoms with Crippen molar-refractivity contribution in [2.45, 2.75) is 0 Å². The van der Waals surface area contributed by atoms with E-state index < -0.39 is 5.63 Å². The van der Waals surface area contributed by atoms with Gasteiger partial charge in [0.05, 0.1) is 24.8 Å². The van der Waals surface area contributed by atoms with E-state index in [2.05, 4.69) is 0 Å². The molecule has 0 aliphatic rings. The fourth-order valence-corrected chi connectivity index (χ4v) is 1.88. The van der Waals surface area contributed by atoms with Crippen LogP contribution in [0.3, 0.4) is 0 Å². The Hall–Kier alpha value is -2.43. The topological polar surface area (TPSA) is 72.8 Å². The average Bonchev–Trinajstić information content (AvgIpc) is 2.75. The first-order valence-corrected chi connectivity index (χ1v) is 4.91. The van der Waals surface area contributed by atoms with Crippen LogP contribution in [0, 0.1) is 0 Å². The molecule has 0 aliphatic carbocycles. The highest BCUT2D eigenvalue weighted by atomic mass is 16.5. The van der Waals surface area contributed by atoms with Gasteiger partial charge in [0.15, 0.2) is 5.58 Å². The molecule has 0 atom stereocenters. The van der Waals surface area contributed by atoms with Crippen LogP contribution in [0.15, 0.2) is 38.1 Å². The number of hydrogen-bond donors (Lipinski definition) is 1. The van der Waals surface area contributed by atoms with Gasteiger partial charge in [-0.25, -0.2) is 4.79 Å². The summed E-state index contributed by atoms with van der Waals surface area (Å²) in [6.45, 7) is 0. The van der Waals surface area contributed by atoms with E-state index in [1.165, 1.54) is 13.4 Å². The van der Waals surface area contributed by atoms with Crippen LogP contribution in [0.25, 0.3) is 21.9 Å². The second-order valence-corrected chi connectivity index (χ2v) is 3.57. The number of hydrogen-bond acceptors (Lipinski definition) is 5. The first kappa shape index (κ1) is 9.77. The van der Waals surface area contributed by atoms with Crippen LogP contribution in [0.1, 0.15) is 0 Å². The standard InChI is InChI=1S/C12H8O5/c1-15-9-5-8-6(2-3-16-8)12-11(9)7(13)4-10(14)17-12/h2-5,13H,1H3. The van der Waals surface area contributed by atoms with Gasteiger partial charge in [-0.2, -0.15) is 0 Å². The highest BCUT2D eigenvalue weighted by Crippen LogP contribution is 2.37. The van der Waals surface area contributed by atoms with Crippen LogP contribution in [0.5, 0.6) is 11.5 Å². The molecule has 3 rings (SSSR count). The first-order chi connectivity index (χ1) is 8.20. The van der Waals surface area contributed by atoms with E-state index in [4.69, 9.17) is 13.6 Å². The zero-order valence-electron chi connectivity index (χ0n) is 8.89. The minimum atomic E-state index is -0.620. The maximum Gasteiger partial charge on any atom is 0.339 e. The number of fused-ring (bicyclic) bond motifs is 3. The number of aromatic hydroxyl groups is 1. The zero-order valence-corrected chi connectivity index (χ0v) is 8.89. The second kappa shape index (κ2) is 3.28. The number of rotatable bonds is 1. The molecule has 86 valence electrons. The molecule has 0 radical (unpaired) electrons. The lowest BCUT2D eigenvalue weighted by Crippen LogP contribution is -1.97. The molecule has 0 fully saturated rings. The van der Waals surface area contributed by atoms with E-state index in [-0.39, 0.29) is 11.3 Å². The predicted molar refractivity (Wildman–Crippen MR) is 60.5 cm³/mol. The molecule has 0 amide bonds. The minimum Gasteiger partial charge on any atom is -0.507 e. The van der Waals surface area contributed by atoms with Crippen LogP contribution < -0.4 is 10.4 Å². The Morgan fingerprint density at radius 1 is 1.35 bits per heavy atom. The minimum absolute atomic E-state index is 0.170. The molecule has 2 aromatic heterocycles. The summed E-state index contributed by atoms with van der Waals surface area (Å²) >= 11 is 0. The van der Waals surface area contributed by atoms with Crippen molar-refractivity contribution in [2.24, 2.45) is 0 Å². The van der Waals surface area contributed by atoms with Gasteiger partial charge in [-0.15, -0.1) is 0 Å². The van der Waals surface area contributed by atoms with Crippen molar-refractivity contribution < 1.29 is 18.7 Å². The van der Waals surface area contributed by atoms with Gasteiger partial charge in [0.25, 0.3) is 0 Å². The highest BCUT2D eigenvalue weighted by molar-refractivity contribution is 6.07. The van der Waals surface area contributed by atoms with Crippen molar-refractivity contribution in [3.05, 3.63) is 34.9 Å². The van der Waals surface area contributed by atoms with Crippen molar-refractivity contribution in [3.63, 3.8) is 0 Å². The summed E-state index contributed by atoms with van der Waals surface area (Å²) in [4.78, 5) is 11.3. The summed E-state index contributed by atoms with van der Waals surface area (Å²) in [5.74, 6) is 0.222. The maximum absolute atomic E-state index is 11.3. The lowest BCUT2D eigenvalue weighted by Gasteiger charge is -2.06. The van der Waals surface area contributed by atoms with Gasteiger partial charge < -0.3 is 18.7 Å². The Balaban J connectivity index is 2.66. The molecule has 0 unspecified atom stereocenters. The number of methoxy groups -OCH3 is 1. The summed E-state index contributed by atoms with van der Waals surface area (Å²) in [5, 5.41) is 10.8. The van der Waals surface area contributed by atoms with E-state index in [0.29, 0.717) is 22.1 Å². The monoisotopic (exact) mass is 232 g/mol. The third-order valence-corrected chi connectivity index (χ3v) is 2.61. The summed E-state index contributed by atoms with van der Waals surface area (Å²) in [7, 11) is 1.47. The normalized spacial score (nSPS) is 11.1. The Bertz CT molecular complexity index is 765. The largest absolute Gasteiger partial charge is 0.507 e. The molecule has 5 heteroatoms. The van der Waals surface area contributed by atoms with E-state index in [0.717, 1.165) is 6.07 Å². The third kappa shape index (κ3) is 1.29. The third-order valence-electron chi connectivity index (χ3n) is 2.61. The van der Waals surface area contributed by atoms with Crippen molar-refractivity contribution in [3.8, 4) is 11.5 Å². The van der Waals surface area contributed by atoms with E-state index in [1.807, 2.05) is 0 Å². The van der Waals surface area contributed by atoms with Crippen LogP contribution in [-0.4, -0.2) is 12.2 Å². The lowest BCUT2D eigenvalue weighted by atomic mass is 10.1. The molecule has 1 N–H and O–H groups in total. The summed E-state index contributed by atoms with van der Waals surface area (Å²) in [5.41, 5.74) is 0.173. The van der Waals surface area contributed by atoms with Crippen LogP contribution in [-0.2, 0) is 0 Å². The average molecular weight is 232 g/mol. The molecule has 0 spiro atoms. The van der Waals surface area contributed by atoms with Gasteiger partial charge in [0.2, 0.25) is 0 Å². The summed E-state index contributed by atoms with van der Waals surface area (Å²) in [6, 6.07) is 4.31. The molecular formula is C12H8O5. The predicted octanol–water partition coefficient (Wildman–Crippen LogP) is 2.25. The van der Waals surface area contributed by atoms with Gasteiger partial charge >= 0.3 is 5.63 Å². The second-order valence-electron chi connectivity index (χ2n) is 3.57. The Morgan fingerprint density at radius 2 is 2.18 bits per heavy atom. The fourth-order valence-electron chi connectivity index (χ4n) is 1.88. The van der Waals surface area contributed by atoms with E-state index >= 15 is 0 Å². The molecule has 2 heterocycles. The van der Waals surface area contributed by atoms with Gasteiger partial charge in [0.1, 0.15) is 22.5 Å². The number of ether oxygens (including phenoxy) is 1. The molecule has 0 bridgehead atoms. The van der Waals surface area contributed by atoms with Gasteiger partial charge in [-0.05, 0) is 6.07 Å². The number of furan rings is 1. The van der Waals surface area contributed by atoms with Crippen molar-refractivity contribution in [2.75, 3.05) is 7.11 Å². The molecular weight excluding hydrogens is 224 g/mol. The van der Waals surface area contributed by atoms with Crippen LogP contribution in [0.4, 0.5) is 0 Å². The zero-order chi connectivity index (χ0) is 12.0. The Kier molecular flexibility index (Phi) is 1.89. The molecule has 0 aliphatic heterocycles. The maximum atomic E-state index is 11.3. The van der Waals surface area contributed by atoms with Crippen LogP contribution >= 0.6 is 0 Å². The molecule has 17 heavy (non-hydrogen) atoms. The van der Waals surface area contributed by atoms with Gasteiger partial charge in [-0.3, -0.25) is 0 Å². The van der Waals surface area contributed by atoms with Crippen molar-refractivity contribution in [1.29, 1.82) is 0 Å². The summed E-state index contributed by atoms with van der Waals surface area (Å²) < 4.78 is 15.5. The smallest absolute Gasteiger partial charge is 0.339 e. The fraction of sp³-hybridized carbons (Fsp3) is 0.0833. The van der Waals surface area contributed by atoms with Crippen molar-refractivity contribution >= 4 is 21.9 Å². The van der Waals surface area contributed by atoms with Gasteiger partial charge in [0, 0.05) is 6.07 Å². The number of benzene rings is 1. The quantitative estimate of drug-likeness (QED) is 0.651. The SMILES string of the molecule is COc1cc2occc2c2oc(=O)cc(O)c12. The molecule has 1 aromatic carbocycles. The Labute approximate surface area is 94.8 Å². The highest BCUT2D eigenvalue weighted by Gasteiger charge is 2.15. The lowest BCUT2D eigenvalue weighted by molar-refractivity contribution is 0.413.